The Hall–Kier alpha value is -8.38. The summed E-state index contributed by atoms with van der Waals surface area (Å²) in [6, 6.07) is 84.6. The van der Waals surface area contributed by atoms with Crippen LogP contribution in [0, 0.1) is 0 Å². The first kappa shape index (κ1) is 57.7. The number of nitrogens with zero attached hydrogens (tertiary/aromatic N) is 4. The summed E-state index contributed by atoms with van der Waals surface area (Å²) >= 11 is 1.95. The number of hydrogen-bond donors (Lipinski definition) is 0. The van der Waals surface area contributed by atoms with Crippen molar-refractivity contribution in [1.29, 1.82) is 0 Å². The molecule has 0 amide bonds. The Bertz CT molecular complexity index is 4130. The molecule has 0 N–H and O–H groups in total. The molecule has 0 saturated carbocycles. The fourth-order valence-corrected chi connectivity index (χ4v) is 15.5. The zero-order chi connectivity index (χ0) is 59.7. The van der Waals surface area contributed by atoms with Crippen LogP contribution < -0.4 is 4.90 Å². The van der Waals surface area contributed by atoms with Gasteiger partial charge in [0.25, 0.3) is 0 Å². The minimum absolute atomic E-state index is 0.0630. The lowest BCUT2D eigenvalue weighted by Crippen LogP contribution is -2.26. The lowest BCUT2D eigenvalue weighted by molar-refractivity contribution is 0.414. The van der Waals surface area contributed by atoms with Gasteiger partial charge in [-0.15, -0.1) is 21.5 Å². The number of unbranched alkanes of at least 4 members (excludes halogenated alkanes) is 4. The van der Waals surface area contributed by atoms with Crippen molar-refractivity contribution in [3.63, 3.8) is 0 Å². The average Bonchev–Trinajstić information content (AvgIpc) is 1.64. The van der Waals surface area contributed by atoms with Gasteiger partial charge in [-0.05, 0) is 182 Å². The highest BCUT2D eigenvalue weighted by molar-refractivity contribution is 7.18. The molecule has 0 unspecified atom stereocenters. The van der Waals surface area contributed by atoms with E-state index in [4.69, 9.17) is 10.2 Å². The lowest BCUT2D eigenvalue weighted by Gasteiger charge is -2.34. The van der Waals surface area contributed by atoms with E-state index in [2.05, 4.69) is 282 Å². The molecule has 2 aromatic heterocycles. The topological polar surface area (TPSA) is 34.0 Å². The molecule has 0 radical (unpaired) electrons. The van der Waals surface area contributed by atoms with Crippen molar-refractivity contribution in [2.75, 3.05) is 4.90 Å². The van der Waals surface area contributed by atoms with Crippen molar-refractivity contribution in [1.82, 2.24) is 14.8 Å². The average molecular weight is 1160 g/mol. The predicted octanol–water partition coefficient (Wildman–Crippen LogP) is 23.7. The molecule has 0 fully saturated rings. The van der Waals surface area contributed by atoms with E-state index < -0.39 is 0 Å². The molecule has 0 atom stereocenters. The molecule has 0 spiro atoms. The standard InChI is InChI=1S/C82H82N4S/c1-8-12-49-81(50-13-9-2)72-53-60(57-31-33-58(34-32-57)78-83-84-79(86(78)66-29-23-18-24-30-66)59-35-40-63(41-36-59)80(5,6)7)37-43-68(72)69-44-38-61(54-73(69)81)76-47-48-77(87-76)62-39-45-70-71-46-42-67(85(64-25-19-16-20-26-64)65-27-21-17-22-28-65)56-75(71)82(51-14-10-3,52-15-11-4)74(70)55-62/h16-48,53-56H,8-15,49-52H2,1-7H3. The molecular formula is C82H82N4S. The molecule has 4 nitrogen and oxygen atoms in total. The zero-order valence-electron chi connectivity index (χ0n) is 52.0. The third kappa shape index (κ3) is 10.7. The molecule has 5 heteroatoms. The van der Waals surface area contributed by atoms with Gasteiger partial charge < -0.3 is 4.90 Å². The Kier molecular flexibility index (Phi) is 16.2. The predicted molar refractivity (Wildman–Crippen MR) is 370 cm³/mol. The number of para-hydroxylation sites is 3. The first-order chi connectivity index (χ1) is 42.5. The van der Waals surface area contributed by atoms with Crippen LogP contribution in [0.1, 0.15) is 153 Å². The number of thiophene rings is 1. The summed E-state index contributed by atoms with van der Waals surface area (Å²) in [7, 11) is 0. The number of benzene rings is 9. The second-order valence-corrected chi connectivity index (χ2v) is 26.8. The highest BCUT2D eigenvalue weighted by atomic mass is 32.1. The Morgan fingerprint density at radius 3 is 1.17 bits per heavy atom. The summed E-state index contributed by atoms with van der Waals surface area (Å²) in [4.78, 5) is 5.10. The second kappa shape index (κ2) is 24.4. The molecule has 436 valence electrons. The molecule has 13 rings (SSSR count). The third-order valence-electron chi connectivity index (χ3n) is 19.2. The van der Waals surface area contributed by atoms with Crippen LogP contribution in [0.2, 0.25) is 0 Å². The van der Waals surface area contributed by atoms with Crippen LogP contribution in [0.4, 0.5) is 17.1 Å². The van der Waals surface area contributed by atoms with E-state index in [-0.39, 0.29) is 16.2 Å². The SMILES string of the molecule is CCCCC1(CCCC)c2cc(-c3ccc(-c4nnc(-c5ccc(C(C)(C)C)cc5)n4-c4ccccc4)cc3)ccc2-c2ccc(-c3ccc(-c4ccc5c(c4)C(CCCC)(CCCC)c4cc(N(c6ccccc6)c6ccccc6)ccc4-5)s3)cc21. The Morgan fingerprint density at radius 1 is 0.368 bits per heavy atom. The molecule has 2 aliphatic rings. The summed E-state index contributed by atoms with van der Waals surface area (Å²) in [6.45, 7) is 16.2. The van der Waals surface area contributed by atoms with Gasteiger partial charge in [0.05, 0.1) is 0 Å². The van der Waals surface area contributed by atoms with Gasteiger partial charge in [-0.2, -0.15) is 0 Å². The van der Waals surface area contributed by atoms with E-state index in [9.17, 15) is 0 Å². The minimum atomic E-state index is -0.0787. The fraction of sp³-hybridized carbons (Fsp3) is 0.268. The molecule has 0 bridgehead atoms. The van der Waals surface area contributed by atoms with Gasteiger partial charge in [0.1, 0.15) is 0 Å². The maximum absolute atomic E-state index is 4.88. The van der Waals surface area contributed by atoms with E-state index in [0.29, 0.717) is 0 Å². The molecule has 2 aliphatic carbocycles. The largest absolute Gasteiger partial charge is 0.310 e. The van der Waals surface area contributed by atoms with Crippen LogP contribution in [0.15, 0.2) is 224 Å². The third-order valence-corrected chi connectivity index (χ3v) is 20.3. The summed E-state index contributed by atoms with van der Waals surface area (Å²) in [6.07, 6.45) is 13.9. The van der Waals surface area contributed by atoms with Crippen molar-refractivity contribution in [3.8, 4) is 82.7 Å². The van der Waals surface area contributed by atoms with Crippen LogP contribution in [-0.2, 0) is 16.2 Å². The van der Waals surface area contributed by atoms with Crippen LogP contribution in [0.25, 0.3) is 82.7 Å². The van der Waals surface area contributed by atoms with E-state index in [1.54, 1.807) is 0 Å². The van der Waals surface area contributed by atoms with Gasteiger partial charge in [0.15, 0.2) is 11.6 Å². The number of hydrogen-bond acceptors (Lipinski definition) is 4. The molecule has 0 aliphatic heterocycles. The van der Waals surface area contributed by atoms with Gasteiger partial charge in [0, 0.05) is 54.5 Å². The van der Waals surface area contributed by atoms with Crippen molar-refractivity contribution in [3.05, 3.63) is 252 Å². The lowest BCUT2D eigenvalue weighted by atomic mass is 9.70. The van der Waals surface area contributed by atoms with Gasteiger partial charge in [0.2, 0.25) is 0 Å². The van der Waals surface area contributed by atoms with Crippen LogP contribution >= 0.6 is 11.3 Å². The highest BCUT2D eigenvalue weighted by Gasteiger charge is 2.44. The first-order valence-corrected chi connectivity index (χ1v) is 33.2. The van der Waals surface area contributed by atoms with Gasteiger partial charge >= 0.3 is 0 Å². The van der Waals surface area contributed by atoms with Crippen molar-refractivity contribution >= 4 is 28.4 Å². The van der Waals surface area contributed by atoms with Crippen LogP contribution in [-0.4, -0.2) is 14.8 Å². The smallest absolute Gasteiger partial charge is 0.168 e. The molecule has 0 saturated heterocycles. The Labute approximate surface area is 521 Å². The van der Waals surface area contributed by atoms with E-state index in [1.165, 1.54) is 138 Å². The van der Waals surface area contributed by atoms with Crippen LogP contribution in [0.3, 0.4) is 0 Å². The number of fused-ring (bicyclic) bond motifs is 6. The zero-order valence-corrected chi connectivity index (χ0v) is 52.9. The molecule has 9 aromatic carbocycles. The summed E-state index contributed by atoms with van der Waals surface area (Å²) in [5.74, 6) is 1.66. The number of rotatable bonds is 21. The van der Waals surface area contributed by atoms with Crippen LogP contribution in [0.5, 0.6) is 0 Å². The highest BCUT2D eigenvalue weighted by Crippen LogP contribution is 2.58. The van der Waals surface area contributed by atoms with E-state index in [0.717, 1.165) is 67.0 Å². The Morgan fingerprint density at radius 2 is 0.736 bits per heavy atom. The molecular weight excluding hydrogens is 1070 g/mol. The summed E-state index contributed by atoms with van der Waals surface area (Å²) < 4.78 is 2.20. The van der Waals surface area contributed by atoms with Crippen molar-refractivity contribution in [2.45, 2.75) is 142 Å². The Balaban J connectivity index is 0.832. The number of aromatic nitrogens is 3. The van der Waals surface area contributed by atoms with E-state index >= 15 is 0 Å². The normalized spacial score (nSPS) is 13.5. The molecule has 2 heterocycles. The number of anilines is 3. The summed E-state index contributed by atoms with van der Waals surface area (Å²) in [5, 5.41) is 9.73. The second-order valence-electron chi connectivity index (χ2n) is 25.7. The van der Waals surface area contributed by atoms with Gasteiger partial charge in [-0.3, -0.25) is 4.57 Å². The monoisotopic (exact) mass is 1150 g/mol. The molecule has 87 heavy (non-hydrogen) atoms. The first-order valence-electron chi connectivity index (χ1n) is 32.4. The quantitative estimate of drug-likeness (QED) is 0.0719. The van der Waals surface area contributed by atoms with Crippen molar-refractivity contribution < 1.29 is 0 Å². The maximum Gasteiger partial charge on any atom is 0.168 e. The maximum atomic E-state index is 4.88. The van der Waals surface area contributed by atoms with E-state index in [1.807, 2.05) is 11.3 Å². The summed E-state index contributed by atoms with van der Waals surface area (Å²) in [5.41, 5.74) is 24.6. The van der Waals surface area contributed by atoms with Gasteiger partial charge in [-0.1, -0.05) is 245 Å². The van der Waals surface area contributed by atoms with Crippen molar-refractivity contribution in [2.24, 2.45) is 0 Å². The minimum Gasteiger partial charge on any atom is -0.310 e. The van der Waals surface area contributed by atoms with Gasteiger partial charge in [-0.25, -0.2) is 0 Å². The molecule has 11 aromatic rings. The fourth-order valence-electron chi connectivity index (χ4n) is 14.5.